The zero-order valence-electron chi connectivity index (χ0n) is 11.3. The summed E-state index contributed by atoms with van der Waals surface area (Å²) in [5, 5.41) is 0.399. The number of halogens is 1. The van der Waals surface area contributed by atoms with Gasteiger partial charge in [-0.3, -0.25) is 0 Å². The molecule has 0 aromatic heterocycles. The van der Waals surface area contributed by atoms with Crippen LogP contribution in [0.25, 0.3) is 0 Å². The lowest BCUT2D eigenvalue weighted by Gasteiger charge is -2.16. The Kier molecular flexibility index (Phi) is 4.48. The van der Waals surface area contributed by atoms with Crippen molar-refractivity contribution in [2.24, 2.45) is 0 Å². The fourth-order valence-electron chi connectivity index (χ4n) is 2.07. The van der Waals surface area contributed by atoms with Gasteiger partial charge in [-0.2, -0.15) is 0 Å². The van der Waals surface area contributed by atoms with Crippen molar-refractivity contribution in [1.29, 1.82) is 0 Å². The summed E-state index contributed by atoms with van der Waals surface area (Å²) in [6, 6.07) is 13.6. The first-order valence-corrected chi connectivity index (χ1v) is 8.10. The van der Waals surface area contributed by atoms with Crippen LogP contribution in [0.2, 0.25) is 5.02 Å². The van der Waals surface area contributed by atoms with Gasteiger partial charge >= 0.3 is 0 Å². The number of nitrogens with one attached hydrogen (secondary N) is 1. The van der Waals surface area contributed by atoms with Crippen molar-refractivity contribution < 1.29 is 8.42 Å². The molecule has 5 heteroatoms. The van der Waals surface area contributed by atoms with E-state index in [1.54, 1.807) is 12.1 Å². The Morgan fingerprint density at radius 2 is 1.80 bits per heavy atom. The molecule has 20 heavy (non-hydrogen) atoms. The first-order chi connectivity index (χ1) is 9.40. The molecule has 3 nitrogen and oxygen atoms in total. The normalized spacial score (nSPS) is 13.2. The van der Waals surface area contributed by atoms with E-state index in [4.69, 9.17) is 11.6 Å². The molecular formula is C15H16ClNO2S. The number of hydrogen-bond donors (Lipinski definition) is 1. The largest absolute Gasteiger partial charge is 0.241 e. The SMILES string of the molecule is Cc1ccccc1C(C)NS(=O)(=O)c1cccc(Cl)c1. The highest BCUT2D eigenvalue weighted by Crippen LogP contribution is 2.21. The van der Waals surface area contributed by atoms with E-state index in [1.165, 1.54) is 12.1 Å². The predicted octanol–water partition coefficient (Wildman–Crippen LogP) is 3.69. The topological polar surface area (TPSA) is 46.2 Å². The van der Waals surface area contributed by atoms with Crippen molar-refractivity contribution in [2.75, 3.05) is 0 Å². The maximum Gasteiger partial charge on any atom is 0.241 e. The van der Waals surface area contributed by atoms with Crippen LogP contribution in [-0.2, 0) is 10.0 Å². The van der Waals surface area contributed by atoms with Crippen molar-refractivity contribution in [1.82, 2.24) is 4.72 Å². The Hall–Kier alpha value is -1.36. The number of hydrogen-bond acceptors (Lipinski definition) is 2. The summed E-state index contributed by atoms with van der Waals surface area (Å²) in [6.45, 7) is 3.78. The van der Waals surface area contributed by atoms with Gasteiger partial charge in [-0.15, -0.1) is 0 Å². The maximum atomic E-state index is 12.3. The summed E-state index contributed by atoms with van der Waals surface area (Å²) in [4.78, 5) is 0.172. The van der Waals surface area contributed by atoms with E-state index in [0.717, 1.165) is 11.1 Å². The number of aryl methyl sites for hydroxylation is 1. The van der Waals surface area contributed by atoms with Gasteiger partial charge in [0.15, 0.2) is 0 Å². The van der Waals surface area contributed by atoms with Gasteiger partial charge in [0, 0.05) is 11.1 Å². The molecule has 0 amide bonds. The van der Waals surface area contributed by atoms with E-state index in [0.29, 0.717) is 5.02 Å². The van der Waals surface area contributed by atoms with Gasteiger partial charge in [-0.25, -0.2) is 13.1 Å². The zero-order chi connectivity index (χ0) is 14.8. The van der Waals surface area contributed by atoms with Gasteiger partial charge in [0.1, 0.15) is 0 Å². The molecule has 0 aliphatic heterocycles. The molecule has 1 unspecified atom stereocenters. The van der Waals surface area contributed by atoms with Crippen molar-refractivity contribution in [3.05, 3.63) is 64.7 Å². The smallest absolute Gasteiger partial charge is 0.207 e. The van der Waals surface area contributed by atoms with E-state index >= 15 is 0 Å². The van der Waals surface area contributed by atoms with Crippen LogP contribution in [0.5, 0.6) is 0 Å². The van der Waals surface area contributed by atoms with Crippen LogP contribution in [0.4, 0.5) is 0 Å². The van der Waals surface area contributed by atoms with Crippen molar-refractivity contribution in [3.63, 3.8) is 0 Å². The van der Waals surface area contributed by atoms with Crippen LogP contribution in [0, 0.1) is 6.92 Å². The van der Waals surface area contributed by atoms with Crippen molar-refractivity contribution >= 4 is 21.6 Å². The van der Waals surface area contributed by atoms with Gasteiger partial charge < -0.3 is 0 Å². The summed E-state index contributed by atoms with van der Waals surface area (Å²) in [6.07, 6.45) is 0. The van der Waals surface area contributed by atoms with Gasteiger partial charge in [0.2, 0.25) is 10.0 Å². The molecule has 0 radical (unpaired) electrons. The first kappa shape index (κ1) is 15.0. The summed E-state index contributed by atoms with van der Waals surface area (Å²) in [5.74, 6) is 0. The second-order valence-corrected chi connectivity index (χ2v) is 6.81. The molecule has 0 spiro atoms. The average molecular weight is 310 g/mol. The summed E-state index contributed by atoms with van der Waals surface area (Å²) in [5.41, 5.74) is 2.01. The van der Waals surface area contributed by atoms with Gasteiger partial charge in [0.25, 0.3) is 0 Å². The second kappa shape index (κ2) is 5.95. The number of rotatable bonds is 4. The first-order valence-electron chi connectivity index (χ1n) is 6.23. The predicted molar refractivity (Wildman–Crippen MR) is 81.4 cm³/mol. The summed E-state index contributed by atoms with van der Waals surface area (Å²) < 4.78 is 27.3. The maximum absolute atomic E-state index is 12.3. The lowest BCUT2D eigenvalue weighted by Crippen LogP contribution is -2.27. The van der Waals surface area contributed by atoms with E-state index in [-0.39, 0.29) is 10.9 Å². The Morgan fingerprint density at radius 1 is 1.10 bits per heavy atom. The fourth-order valence-corrected chi connectivity index (χ4v) is 3.59. The monoisotopic (exact) mass is 309 g/mol. The van der Waals surface area contributed by atoms with Crippen molar-refractivity contribution in [3.8, 4) is 0 Å². The summed E-state index contributed by atoms with van der Waals surface area (Å²) >= 11 is 5.84. The Balaban J connectivity index is 2.27. The highest BCUT2D eigenvalue weighted by molar-refractivity contribution is 7.89. The number of benzene rings is 2. The van der Waals surface area contributed by atoms with Crippen LogP contribution in [0.1, 0.15) is 24.1 Å². The number of sulfonamides is 1. The molecule has 1 N–H and O–H groups in total. The molecule has 0 saturated carbocycles. The minimum atomic E-state index is -3.58. The molecule has 2 aromatic rings. The molecule has 0 aliphatic carbocycles. The third kappa shape index (κ3) is 3.39. The average Bonchev–Trinajstić information content (AvgIpc) is 2.38. The van der Waals surface area contributed by atoms with E-state index in [9.17, 15) is 8.42 Å². The highest BCUT2D eigenvalue weighted by atomic mass is 35.5. The quantitative estimate of drug-likeness (QED) is 0.936. The molecule has 1 atom stereocenters. The molecule has 106 valence electrons. The van der Waals surface area contributed by atoms with Gasteiger partial charge in [-0.1, -0.05) is 41.9 Å². The molecule has 2 rings (SSSR count). The van der Waals surface area contributed by atoms with Gasteiger partial charge in [-0.05, 0) is 43.2 Å². The summed E-state index contributed by atoms with van der Waals surface area (Å²) in [7, 11) is -3.58. The lowest BCUT2D eigenvalue weighted by molar-refractivity contribution is 0.566. The molecule has 0 fully saturated rings. The third-order valence-corrected chi connectivity index (χ3v) is 4.87. The fraction of sp³-hybridized carbons (Fsp3) is 0.200. The van der Waals surface area contributed by atoms with Crippen LogP contribution >= 0.6 is 11.6 Å². The Morgan fingerprint density at radius 3 is 2.45 bits per heavy atom. The zero-order valence-corrected chi connectivity index (χ0v) is 12.9. The van der Waals surface area contributed by atoms with Crippen LogP contribution in [0.3, 0.4) is 0 Å². The molecule has 2 aromatic carbocycles. The highest BCUT2D eigenvalue weighted by Gasteiger charge is 2.19. The second-order valence-electron chi connectivity index (χ2n) is 4.66. The minimum absolute atomic E-state index is 0.172. The molecule has 0 heterocycles. The van der Waals surface area contributed by atoms with Gasteiger partial charge in [0.05, 0.1) is 4.90 Å². The molecule has 0 bridgehead atoms. The van der Waals surface area contributed by atoms with Crippen LogP contribution < -0.4 is 4.72 Å². The molecule has 0 aliphatic rings. The lowest BCUT2D eigenvalue weighted by atomic mass is 10.0. The third-order valence-electron chi connectivity index (χ3n) is 3.09. The van der Waals surface area contributed by atoms with Crippen LogP contribution in [-0.4, -0.2) is 8.42 Å². The van der Waals surface area contributed by atoms with E-state index < -0.39 is 10.0 Å². The van der Waals surface area contributed by atoms with Crippen molar-refractivity contribution in [2.45, 2.75) is 24.8 Å². The molecular weight excluding hydrogens is 294 g/mol. The Bertz CT molecular complexity index is 713. The Labute approximate surface area is 124 Å². The van der Waals surface area contributed by atoms with E-state index in [2.05, 4.69) is 4.72 Å². The van der Waals surface area contributed by atoms with E-state index in [1.807, 2.05) is 38.1 Å². The van der Waals surface area contributed by atoms with Crippen LogP contribution in [0.15, 0.2) is 53.4 Å². The molecule has 0 saturated heterocycles. The minimum Gasteiger partial charge on any atom is -0.207 e. The standard InChI is InChI=1S/C15H16ClNO2S/c1-11-6-3-4-9-15(11)12(2)17-20(18,19)14-8-5-7-13(16)10-14/h3-10,12,17H,1-2H3.